The van der Waals surface area contributed by atoms with Crippen LogP contribution in [0, 0.1) is 6.92 Å². The number of nitrogens with one attached hydrogen (secondary N) is 2. The number of rotatable bonds is 3. The number of hydrogen-bond donors (Lipinski definition) is 2. The average molecular weight is 269 g/mol. The van der Waals surface area contributed by atoms with Crippen LogP contribution in [0.5, 0.6) is 0 Å². The van der Waals surface area contributed by atoms with Crippen LogP contribution in [0.3, 0.4) is 0 Å². The van der Waals surface area contributed by atoms with Crippen LogP contribution in [0.25, 0.3) is 11.4 Å². The number of aryl methyl sites for hydroxylation is 1. The smallest absolute Gasteiger partial charge is 0.223 e. The van der Waals surface area contributed by atoms with E-state index in [1.165, 1.54) is 0 Å². The summed E-state index contributed by atoms with van der Waals surface area (Å²) in [6.45, 7) is 4.09. The van der Waals surface area contributed by atoms with E-state index in [0.717, 1.165) is 43.0 Å². The van der Waals surface area contributed by atoms with Crippen molar-refractivity contribution >= 4 is 5.95 Å². The highest BCUT2D eigenvalue weighted by Crippen LogP contribution is 2.17. The standard InChI is InChI=1S/C15H19N5/c1-11-10-14(13-4-2-3-7-17-13)20-15(18-11)19-12-5-8-16-9-6-12/h2-4,7,10,12,16H,5-6,8-9H2,1H3,(H,18,19,20). The van der Waals surface area contributed by atoms with Gasteiger partial charge in [-0.25, -0.2) is 9.97 Å². The molecule has 5 heteroatoms. The average Bonchev–Trinajstić information content (AvgIpc) is 2.49. The van der Waals surface area contributed by atoms with Gasteiger partial charge in [-0.2, -0.15) is 0 Å². The van der Waals surface area contributed by atoms with E-state index in [-0.39, 0.29) is 0 Å². The summed E-state index contributed by atoms with van der Waals surface area (Å²) in [5, 5.41) is 6.80. The maximum absolute atomic E-state index is 4.59. The fraction of sp³-hybridized carbons (Fsp3) is 0.400. The van der Waals surface area contributed by atoms with Crippen LogP contribution < -0.4 is 10.6 Å². The Morgan fingerprint density at radius 2 is 2.00 bits per heavy atom. The molecule has 0 bridgehead atoms. The predicted molar refractivity (Wildman–Crippen MR) is 79.5 cm³/mol. The highest BCUT2D eigenvalue weighted by Gasteiger charge is 2.14. The van der Waals surface area contributed by atoms with Gasteiger partial charge in [0.15, 0.2) is 0 Å². The van der Waals surface area contributed by atoms with E-state index in [9.17, 15) is 0 Å². The van der Waals surface area contributed by atoms with Gasteiger partial charge in [0.1, 0.15) is 0 Å². The third-order valence-corrected chi connectivity index (χ3v) is 3.45. The van der Waals surface area contributed by atoms with Crippen molar-refractivity contribution in [3.63, 3.8) is 0 Å². The summed E-state index contributed by atoms with van der Waals surface area (Å²) in [4.78, 5) is 13.4. The van der Waals surface area contributed by atoms with Gasteiger partial charge in [-0.1, -0.05) is 6.07 Å². The Morgan fingerprint density at radius 3 is 2.75 bits per heavy atom. The molecule has 1 aliphatic rings. The zero-order valence-electron chi connectivity index (χ0n) is 11.6. The van der Waals surface area contributed by atoms with E-state index in [1.54, 1.807) is 6.20 Å². The van der Waals surface area contributed by atoms with Gasteiger partial charge in [0, 0.05) is 17.9 Å². The maximum Gasteiger partial charge on any atom is 0.223 e. The van der Waals surface area contributed by atoms with Crippen molar-refractivity contribution in [2.45, 2.75) is 25.8 Å². The van der Waals surface area contributed by atoms with Crippen LogP contribution >= 0.6 is 0 Å². The third-order valence-electron chi connectivity index (χ3n) is 3.45. The first-order valence-corrected chi connectivity index (χ1v) is 7.05. The van der Waals surface area contributed by atoms with Crippen LogP contribution in [-0.2, 0) is 0 Å². The lowest BCUT2D eigenvalue weighted by Gasteiger charge is -2.23. The molecule has 0 unspecified atom stereocenters. The van der Waals surface area contributed by atoms with Crippen LogP contribution in [0.2, 0.25) is 0 Å². The second kappa shape index (κ2) is 5.96. The van der Waals surface area contributed by atoms with Gasteiger partial charge in [0.2, 0.25) is 5.95 Å². The first kappa shape index (κ1) is 13.0. The lowest BCUT2D eigenvalue weighted by Crippen LogP contribution is -2.35. The number of aromatic nitrogens is 3. The van der Waals surface area contributed by atoms with E-state index >= 15 is 0 Å². The van der Waals surface area contributed by atoms with Crippen molar-refractivity contribution in [3.05, 3.63) is 36.2 Å². The Balaban J connectivity index is 1.83. The molecule has 0 atom stereocenters. The molecule has 3 heterocycles. The van der Waals surface area contributed by atoms with Crippen LogP contribution in [0.15, 0.2) is 30.5 Å². The minimum atomic E-state index is 0.453. The molecule has 0 aliphatic carbocycles. The van der Waals surface area contributed by atoms with Crippen molar-refractivity contribution < 1.29 is 0 Å². The SMILES string of the molecule is Cc1cc(-c2ccccn2)nc(NC2CCNCC2)n1. The first-order chi connectivity index (χ1) is 9.81. The number of nitrogens with zero attached hydrogens (tertiary/aromatic N) is 3. The van der Waals surface area contributed by atoms with Gasteiger partial charge in [0.05, 0.1) is 11.4 Å². The molecule has 104 valence electrons. The molecule has 0 radical (unpaired) electrons. The summed E-state index contributed by atoms with van der Waals surface area (Å²) in [5.41, 5.74) is 2.71. The molecule has 0 aromatic carbocycles. The molecule has 1 fully saturated rings. The fourth-order valence-electron chi connectivity index (χ4n) is 2.43. The maximum atomic E-state index is 4.59. The summed E-state index contributed by atoms with van der Waals surface area (Å²) in [6.07, 6.45) is 4.00. The molecule has 5 nitrogen and oxygen atoms in total. The topological polar surface area (TPSA) is 62.7 Å². The van der Waals surface area contributed by atoms with Crippen LogP contribution in [0.4, 0.5) is 5.95 Å². The van der Waals surface area contributed by atoms with E-state index in [4.69, 9.17) is 0 Å². The molecule has 1 aliphatic heterocycles. The Morgan fingerprint density at radius 1 is 1.15 bits per heavy atom. The molecule has 20 heavy (non-hydrogen) atoms. The van der Waals surface area contributed by atoms with E-state index < -0.39 is 0 Å². The number of hydrogen-bond acceptors (Lipinski definition) is 5. The molecule has 2 aromatic rings. The molecule has 0 saturated carbocycles. The summed E-state index contributed by atoms with van der Waals surface area (Å²) in [6, 6.07) is 8.27. The lowest BCUT2D eigenvalue weighted by molar-refractivity contribution is 0.477. The molecular formula is C15H19N5. The number of anilines is 1. The second-order valence-electron chi connectivity index (χ2n) is 5.10. The summed E-state index contributed by atoms with van der Waals surface area (Å²) in [7, 11) is 0. The monoisotopic (exact) mass is 269 g/mol. The molecule has 2 N–H and O–H groups in total. The zero-order valence-corrected chi connectivity index (χ0v) is 11.6. The van der Waals surface area contributed by atoms with Gasteiger partial charge >= 0.3 is 0 Å². The third kappa shape index (κ3) is 3.11. The van der Waals surface area contributed by atoms with Crippen LogP contribution in [-0.4, -0.2) is 34.1 Å². The lowest BCUT2D eigenvalue weighted by atomic mass is 10.1. The van der Waals surface area contributed by atoms with Crippen molar-refractivity contribution in [2.75, 3.05) is 18.4 Å². The number of pyridine rings is 1. The fourth-order valence-corrected chi connectivity index (χ4v) is 2.43. The van der Waals surface area contributed by atoms with Crippen LogP contribution in [0.1, 0.15) is 18.5 Å². The summed E-state index contributed by atoms with van der Waals surface area (Å²) < 4.78 is 0. The highest BCUT2D eigenvalue weighted by molar-refractivity contribution is 5.56. The van der Waals surface area contributed by atoms with Gasteiger partial charge in [-0.05, 0) is 51.1 Å². The predicted octanol–water partition coefficient (Wildman–Crippen LogP) is 2.01. The molecule has 0 amide bonds. The van der Waals surface area contributed by atoms with Crippen molar-refractivity contribution in [2.24, 2.45) is 0 Å². The molecule has 1 saturated heterocycles. The van der Waals surface area contributed by atoms with Crippen molar-refractivity contribution in [1.29, 1.82) is 0 Å². The Bertz CT molecular complexity index is 564. The summed E-state index contributed by atoms with van der Waals surface area (Å²) >= 11 is 0. The minimum Gasteiger partial charge on any atom is -0.351 e. The largest absolute Gasteiger partial charge is 0.351 e. The zero-order chi connectivity index (χ0) is 13.8. The molecule has 0 spiro atoms. The van der Waals surface area contributed by atoms with Crippen molar-refractivity contribution in [3.8, 4) is 11.4 Å². The summed E-state index contributed by atoms with van der Waals surface area (Å²) in [5.74, 6) is 0.706. The highest BCUT2D eigenvalue weighted by atomic mass is 15.1. The Labute approximate surface area is 118 Å². The quantitative estimate of drug-likeness (QED) is 0.892. The van der Waals surface area contributed by atoms with E-state index in [1.807, 2.05) is 31.2 Å². The first-order valence-electron chi connectivity index (χ1n) is 7.05. The Kier molecular flexibility index (Phi) is 3.87. The van der Waals surface area contributed by atoms with Gasteiger partial charge in [-0.15, -0.1) is 0 Å². The van der Waals surface area contributed by atoms with Gasteiger partial charge in [0.25, 0.3) is 0 Å². The molecular weight excluding hydrogens is 250 g/mol. The van der Waals surface area contributed by atoms with Gasteiger partial charge < -0.3 is 10.6 Å². The van der Waals surface area contributed by atoms with E-state index in [2.05, 4.69) is 25.6 Å². The molecule has 2 aromatic heterocycles. The molecule has 3 rings (SSSR count). The minimum absolute atomic E-state index is 0.453. The van der Waals surface area contributed by atoms with Crippen molar-refractivity contribution in [1.82, 2.24) is 20.3 Å². The van der Waals surface area contributed by atoms with Gasteiger partial charge in [-0.3, -0.25) is 4.98 Å². The second-order valence-corrected chi connectivity index (χ2v) is 5.10. The Hall–Kier alpha value is -2.01. The normalized spacial score (nSPS) is 16.1. The number of piperidine rings is 1. The van der Waals surface area contributed by atoms with E-state index in [0.29, 0.717) is 12.0 Å².